The van der Waals surface area contributed by atoms with Gasteiger partial charge in [-0.15, -0.1) is 0 Å². The Morgan fingerprint density at radius 3 is 2.14 bits per heavy atom. The molecule has 0 radical (unpaired) electrons. The molecule has 2 amide bonds. The van der Waals surface area contributed by atoms with Crippen LogP contribution in [0.2, 0.25) is 0 Å². The second-order valence-electron chi connectivity index (χ2n) is 5.56. The molecule has 7 heteroatoms. The lowest BCUT2D eigenvalue weighted by molar-refractivity contribution is -0.190. The van der Waals surface area contributed by atoms with E-state index in [1.807, 2.05) is 0 Å². The minimum atomic E-state index is -2.64. The standard InChI is InChI=1S/C15H13F2NO4/c16-11(17)8-15(6-3-7-15)14(21)22-18-12(19)9-4-1-2-5-10(9)13(18)20/h1-2,4-5,11H,3,6-8H2. The van der Waals surface area contributed by atoms with Gasteiger partial charge in [0.1, 0.15) is 0 Å². The van der Waals surface area contributed by atoms with E-state index in [9.17, 15) is 23.2 Å². The summed E-state index contributed by atoms with van der Waals surface area (Å²) in [5, 5.41) is 0.374. The van der Waals surface area contributed by atoms with E-state index in [2.05, 4.69) is 0 Å². The Kier molecular flexibility index (Phi) is 3.42. The van der Waals surface area contributed by atoms with Gasteiger partial charge in [0.2, 0.25) is 6.43 Å². The highest BCUT2D eigenvalue weighted by atomic mass is 19.3. The molecule has 1 saturated carbocycles. The van der Waals surface area contributed by atoms with Gasteiger partial charge in [0.25, 0.3) is 11.8 Å². The molecule has 22 heavy (non-hydrogen) atoms. The molecule has 2 aliphatic rings. The van der Waals surface area contributed by atoms with Crippen molar-refractivity contribution in [3.8, 4) is 0 Å². The van der Waals surface area contributed by atoms with Crippen LogP contribution in [0.25, 0.3) is 0 Å². The normalized spacial score (nSPS) is 19.1. The number of imide groups is 1. The lowest BCUT2D eigenvalue weighted by Crippen LogP contribution is -2.45. The molecule has 0 aromatic heterocycles. The quantitative estimate of drug-likeness (QED) is 0.802. The minimum absolute atomic E-state index is 0.136. The molecule has 1 aliphatic heterocycles. The molecule has 116 valence electrons. The van der Waals surface area contributed by atoms with Crippen molar-refractivity contribution in [2.24, 2.45) is 5.41 Å². The van der Waals surface area contributed by atoms with Crippen molar-refractivity contribution in [3.63, 3.8) is 0 Å². The first-order chi connectivity index (χ1) is 10.4. The van der Waals surface area contributed by atoms with Gasteiger partial charge in [0.15, 0.2) is 0 Å². The van der Waals surface area contributed by atoms with Gasteiger partial charge in [-0.05, 0) is 25.0 Å². The van der Waals surface area contributed by atoms with Gasteiger partial charge in [-0.3, -0.25) is 9.59 Å². The number of alkyl halides is 2. The average Bonchev–Trinajstić information content (AvgIpc) is 2.68. The lowest BCUT2D eigenvalue weighted by atomic mass is 9.67. The van der Waals surface area contributed by atoms with Crippen LogP contribution in [0, 0.1) is 5.41 Å². The number of benzene rings is 1. The summed E-state index contributed by atoms with van der Waals surface area (Å²) in [5.74, 6) is -2.44. The topological polar surface area (TPSA) is 63.7 Å². The Morgan fingerprint density at radius 2 is 1.73 bits per heavy atom. The van der Waals surface area contributed by atoms with Crippen molar-refractivity contribution in [2.75, 3.05) is 0 Å². The molecule has 0 saturated heterocycles. The SMILES string of the molecule is O=C1c2ccccc2C(=O)N1OC(=O)C1(CC(F)F)CCC1. The summed E-state index contributed by atoms with van der Waals surface area (Å²) in [5.41, 5.74) is -1.02. The number of nitrogens with zero attached hydrogens (tertiary/aromatic N) is 1. The fraction of sp³-hybridized carbons (Fsp3) is 0.400. The van der Waals surface area contributed by atoms with Crippen molar-refractivity contribution >= 4 is 17.8 Å². The van der Waals surface area contributed by atoms with Crippen LogP contribution in [0.5, 0.6) is 0 Å². The third-order valence-electron chi connectivity index (χ3n) is 4.22. The van der Waals surface area contributed by atoms with Crippen LogP contribution in [0.4, 0.5) is 8.78 Å². The van der Waals surface area contributed by atoms with Crippen molar-refractivity contribution < 1.29 is 28.0 Å². The second kappa shape index (κ2) is 5.15. The molecule has 0 spiro atoms. The number of halogens is 2. The second-order valence-corrected chi connectivity index (χ2v) is 5.56. The summed E-state index contributed by atoms with van der Waals surface area (Å²) >= 11 is 0. The molecule has 1 fully saturated rings. The average molecular weight is 309 g/mol. The number of hydrogen-bond acceptors (Lipinski definition) is 4. The van der Waals surface area contributed by atoms with E-state index in [-0.39, 0.29) is 24.0 Å². The van der Waals surface area contributed by atoms with Crippen LogP contribution >= 0.6 is 0 Å². The number of carbonyl (C=O) groups excluding carboxylic acids is 3. The molecule has 1 heterocycles. The number of carbonyl (C=O) groups is 3. The first-order valence-electron chi connectivity index (χ1n) is 6.93. The number of hydroxylamine groups is 2. The smallest absolute Gasteiger partial charge is 0.329 e. The Labute approximate surface area is 124 Å². The molecule has 1 aliphatic carbocycles. The van der Waals surface area contributed by atoms with E-state index < -0.39 is 36.0 Å². The first-order valence-corrected chi connectivity index (χ1v) is 6.93. The van der Waals surface area contributed by atoms with Crippen molar-refractivity contribution in [1.29, 1.82) is 0 Å². The van der Waals surface area contributed by atoms with Crippen LogP contribution in [-0.4, -0.2) is 29.3 Å². The Hall–Kier alpha value is -2.31. The zero-order valence-corrected chi connectivity index (χ0v) is 11.6. The molecule has 1 aromatic carbocycles. The molecular weight excluding hydrogens is 296 g/mol. The molecule has 0 unspecified atom stereocenters. The summed E-state index contributed by atoms with van der Waals surface area (Å²) in [6.07, 6.45) is -2.06. The molecule has 1 aromatic rings. The molecule has 0 N–H and O–H groups in total. The summed E-state index contributed by atoms with van der Waals surface area (Å²) in [6, 6.07) is 6.06. The Balaban J connectivity index is 1.78. The van der Waals surface area contributed by atoms with E-state index in [1.165, 1.54) is 12.1 Å². The summed E-state index contributed by atoms with van der Waals surface area (Å²) in [6.45, 7) is 0. The van der Waals surface area contributed by atoms with Gasteiger partial charge in [0, 0.05) is 6.42 Å². The van der Waals surface area contributed by atoms with Crippen LogP contribution in [0.3, 0.4) is 0 Å². The Morgan fingerprint density at radius 1 is 1.18 bits per heavy atom. The lowest BCUT2D eigenvalue weighted by Gasteiger charge is -2.39. The number of fused-ring (bicyclic) bond motifs is 1. The Bertz CT molecular complexity index is 620. The number of hydrogen-bond donors (Lipinski definition) is 0. The third kappa shape index (κ3) is 2.17. The van der Waals surface area contributed by atoms with Crippen LogP contribution in [0.15, 0.2) is 24.3 Å². The van der Waals surface area contributed by atoms with Gasteiger partial charge in [0.05, 0.1) is 16.5 Å². The van der Waals surface area contributed by atoms with Gasteiger partial charge in [-0.1, -0.05) is 23.6 Å². The van der Waals surface area contributed by atoms with Gasteiger partial charge >= 0.3 is 5.97 Å². The highest BCUT2D eigenvalue weighted by Crippen LogP contribution is 2.47. The maximum atomic E-state index is 12.6. The van der Waals surface area contributed by atoms with Crippen molar-refractivity contribution in [2.45, 2.75) is 32.1 Å². The van der Waals surface area contributed by atoms with Crippen molar-refractivity contribution in [1.82, 2.24) is 5.06 Å². The largest absolute Gasteiger partial charge is 0.339 e. The number of rotatable bonds is 4. The maximum Gasteiger partial charge on any atom is 0.339 e. The summed E-state index contributed by atoms with van der Waals surface area (Å²) < 4.78 is 25.3. The molecule has 3 rings (SSSR count). The molecule has 0 bridgehead atoms. The molecule has 5 nitrogen and oxygen atoms in total. The number of amides is 2. The van der Waals surface area contributed by atoms with Crippen LogP contribution < -0.4 is 0 Å². The summed E-state index contributed by atoms with van der Waals surface area (Å²) in [7, 11) is 0. The van der Waals surface area contributed by atoms with E-state index in [4.69, 9.17) is 4.84 Å². The van der Waals surface area contributed by atoms with Gasteiger partial charge in [-0.25, -0.2) is 13.6 Å². The molecule has 0 atom stereocenters. The third-order valence-corrected chi connectivity index (χ3v) is 4.22. The highest BCUT2D eigenvalue weighted by molar-refractivity contribution is 6.20. The van der Waals surface area contributed by atoms with Gasteiger partial charge < -0.3 is 4.84 Å². The first kappa shape index (κ1) is 14.6. The van der Waals surface area contributed by atoms with Crippen LogP contribution in [0.1, 0.15) is 46.4 Å². The predicted molar refractivity (Wildman–Crippen MR) is 69.9 cm³/mol. The highest BCUT2D eigenvalue weighted by Gasteiger charge is 2.50. The van der Waals surface area contributed by atoms with Gasteiger partial charge in [-0.2, -0.15) is 0 Å². The maximum absolute atomic E-state index is 12.6. The molecular formula is C15H13F2NO4. The van der Waals surface area contributed by atoms with E-state index in [0.29, 0.717) is 11.5 Å². The fourth-order valence-electron chi connectivity index (χ4n) is 2.82. The summed E-state index contributed by atoms with van der Waals surface area (Å²) in [4.78, 5) is 41.2. The zero-order valence-electron chi connectivity index (χ0n) is 11.6. The fourth-order valence-corrected chi connectivity index (χ4v) is 2.82. The van der Waals surface area contributed by atoms with Crippen molar-refractivity contribution in [3.05, 3.63) is 35.4 Å². The zero-order chi connectivity index (χ0) is 15.9. The van der Waals surface area contributed by atoms with E-state index in [0.717, 1.165) is 0 Å². The monoisotopic (exact) mass is 309 g/mol. The predicted octanol–water partition coefficient (Wildman–Crippen LogP) is 2.57. The minimum Gasteiger partial charge on any atom is -0.329 e. The van der Waals surface area contributed by atoms with E-state index >= 15 is 0 Å². The van der Waals surface area contributed by atoms with E-state index in [1.54, 1.807) is 12.1 Å². The van der Waals surface area contributed by atoms with Crippen LogP contribution in [-0.2, 0) is 9.63 Å².